The van der Waals surface area contributed by atoms with Crippen LogP contribution in [0.1, 0.15) is 45.1 Å². The number of hydrogen-bond acceptors (Lipinski definition) is 2. The molecular weight excluding hydrogens is 286 g/mol. The van der Waals surface area contributed by atoms with Crippen molar-refractivity contribution in [3.63, 3.8) is 0 Å². The van der Waals surface area contributed by atoms with Crippen LogP contribution in [0, 0.1) is 5.92 Å². The van der Waals surface area contributed by atoms with Gasteiger partial charge in [-0.2, -0.15) is 0 Å². The van der Waals surface area contributed by atoms with Gasteiger partial charge in [0.2, 0.25) is 5.91 Å². The monoisotopic (exact) mass is 309 g/mol. The van der Waals surface area contributed by atoms with E-state index in [2.05, 4.69) is 5.32 Å². The molecule has 0 radical (unpaired) electrons. The van der Waals surface area contributed by atoms with Crippen LogP contribution in [0.15, 0.2) is 24.3 Å². The van der Waals surface area contributed by atoms with Gasteiger partial charge in [0.1, 0.15) is 0 Å². The lowest BCUT2D eigenvalue weighted by Gasteiger charge is -2.30. The number of aliphatic hydroxyl groups is 1. The molecule has 3 nitrogen and oxygen atoms in total. The second kappa shape index (κ2) is 6.80. The van der Waals surface area contributed by atoms with E-state index < -0.39 is 5.41 Å². The predicted molar refractivity (Wildman–Crippen MR) is 85.5 cm³/mol. The maximum Gasteiger partial charge on any atom is 0.230 e. The van der Waals surface area contributed by atoms with E-state index in [1.165, 1.54) is 0 Å². The minimum atomic E-state index is -0.607. The Morgan fingerprint density at radius 2 is 1.90 bits per heavy atom. The summed E-state index contributed by atoms with van der Waals surface area (Å²) in [6.07, 6.45) is 3.78. The lowest BCUT2D eigenvalue weighted by Crippen LogP contribution is -2.44. The van der Waals surface area contributed by atoms with Crippen LogP contribution in [0.5, 0.6) is 0 Å². The zero-order valence-electron chi connectivity index (χ0n) is 12.7. The quantitative estimate of drug-likeness (QED) is 0.896. The molecule has 2 atom stereocenters. The molecule has 2 rings (SSSR count). The molecule has 21 heavy (non-hydrogen) atoms. The Labute approximate surface area is 131 Å². The van der Waals surface area contributed by atoms with Gasteiger partial charge in [-0.1, -0.05) is 36.6 Å². The molecule has 1 unspecified atom stereocenters. The van der Waals surface area contributed by atoms with E-state index in [0.29, 0.717) is 11.6 Å². The first-order valence-corrected chi connectivity index (χ1v) is 8.01. The third-order valence-corrected chi connectivity index (χ3v) is 4.78. The van der Waals surface area contributed by atoms with Crippen LogP contribution in [0.25, 0.3) is 0 Å². The Bertz CT molecular complexity index is 484. The van der Waals surface area contributed by atoms with Crippen LogP contribution in [0.3, 0.4) is 0 Å². The van der Waals surface area contributed by atoms with E-state index in [1.807, 2.05) is 26.0 Å². The molecule has 0 saturated heterocycles. The first-order chi connectivity index (χ1) is 9.91. The number of halogens is 1. The molecule has 1 fully saturated rings. The predicted octanol–water partition coefficient (Wildman–Crippen LogP) is 3.28. The highest BCUT2D eigenvalue weighted by atomic mass is 35.5. The van der Waals surface area contributed by atoms with Gasteiger partial charge in [-0.05, 0) is 44.4 Å². The highest BCUT2D eigenvalue weighted by molar-refractivity contribution is 6.30. The van der Waals surface area contributed by atoms with Gasteiger partial charge in [-0.3, -0.25) is 4.79 Å². The summed E-state index contributed by atoms with van der Waals surface area (Å²) in [6, 6.07) is 7.38. The Kier molecular flexibility index (Phi) is 5.28. The first kappa shape index (κ1) is 16.3. The van der Waals surface area contributed by atoms with Crippen LogP contribution >= 0.6 is 11.6 Å². The SMILES string of the molecule is CC(C)(C(=O)NCC1CCCC[C@H]1O)c1ccc(Cl)cc1. The molecule has 1 amide bonds. The molecule has 116 valence electrons. The molecule has 1 aromatic rings. The zero-order valence-corrected chi connectivity index (χ0v) is 13.5. The van der Waals surface area contributed by atoms with E-state index in [-0.39, 0.29) is 17.9 Å². The molecule has 0 heterocycles. The molecule has 0 aliphatic heterocycles. The topological polar surface area (TPSA) is 49.3 Å². The van der Waals surface area contributed by atoms with E-state index in [0.717, 1.165) is 31.2 Å². The van der Waals surface area contributed by atoms with Gasteiger partial charge in [-0.25, -0.2) is 0 Å². The standard InChI is InChI=1S/C17H24ClNO2/c1-17(2,13-7-9-14(18)10-8-13)16(21)19-11-12-5-3-4-6-15(12)20/h7-10,12,15,20H,3-6,11H2,1-2H3,(H,19,21)/t12?,15-/m1/s1. The second-order valence-electron chi connectivity index (χ2n) is 6.45. The average Bonchev–Trinajstić information content (AvgIpc) is 2.46. The number of amides is 1. The molecule has 1 aliphatic carbocycles. The summed E-state index contributed by atoms with van der Waals surface area (Å²) >= 11 is 5.89. The first-order valence-electron chi connectivity index (χ1n) is 7.63. The van der Waals surface area contributed by atoms with E-state index >= 15 is 0 Å². The summed E-state index contributed by atoms with van der Waals surface area (Å²) in [4.78, 5) is 12.5. The number of nitrogens with one attached hydrogen (secondary N) is 1. The maximum absolute atomic E-state index is 12.5. The van der Waals surface area contributed by atoms with Crippen LogP contribution in [0.2, 0.25) is 5.02 Å². The van der Waals surface area contributed by atoms with Crippen LogP contribution < -0.4 is 5.32 Å². The van der Waals surface area contributed by atoms with Crippen molar-refractivity contribution in [3.05, 3.63) is 34.9 Å². The molecule has 0 bridgehead atoms. The summed E-state index contributed by atoms with van der Waals surface area (Å²) in [5, 5.41) is 13.6. The van der Waals surface area contributed by atoms with Crippen LogP contribution in [0.4, 0.5) is 0 Å². The minimum absolute atomic E-state index is 0.0115. The van der Waals surface area contributed by atoms with E-state index in [9.17, 15) is 9.90 Å². The lowest BCUT2D eigenvalue weighted by molar-refractivity contribution is -0.126. The fraction of sp³-hybridized carbons (Fsp3) is 0.588. The largest absolute Gasteiger partial charge is 0.393 e. The van der Waals surface area contributed by atoms with Gasteiger partial charge in [0.15, 0.2) is 0 Å². The molecule has 1 saturated carbocycles. The van der Waals surface area contributed by atoms with Gasteiger partial charge >= 0.3 is 0 Å². The fourth-order valence-electron chi connectivity index (χ4n) is 2.87. The fourth-order valence-corrected chi connectivity index (χ4v) is 2.99. The average molecular weight is 310 g/mol. The van der Waals surface area contributed by atoms with Gasteiger partial charge in [0.25, 0.3) is 0 Å². The van der Waals surface area contributed by atoms with Crippen molar-refractivity contribution < 1.29 is 9.90 Å². The van der Waals surface area contributed by atoms with Crippen molar-refractivity contribution in [1.82, 2.24) is 5.32 Å². The Hall–Kier alpha value is -1.06. The van der Waals surface area contributed by atoms with E-state index in [4.69, 9.17) is 11.6 Å². The minimum Gasteiger partial charge on any atom is -0.393 e. The third-order valence-electron chi connectivity index (χ3n) is 4.53. The molecule has 4 heteroatoms. The van der Waals surface area contributed by atoms with Crippen molar-refractivity contribution in [2.24, 2.45) is 5.92 Å². The van der Waals surface area contributed by atoms with Gasteiger partial charge in [0, 0.05) is 17.5 Å². The highest BCUT2D eigenvalue weighted by Gasteiger charge is 2.31. The second-order valence-corrected chi connectivity index (χ2v) is 6.89. The highest BCUT2D eigenvalue weighted by Crippen LogP contribution is 2.26. The molecular formula is C17H24ClNO2. The third kappa shape index (κ3) is 3.98. The zero-order chi connectivity index (χ0) is 15.5. The van der Waals surface area contributed by atoms with Crippen molar-refractivity contribution in [1.29, 1.82) is 0 Å². The van der Waals surface area contributed by atoms with Gasteiger partial charge in [-0.15, -0.1) is 0 Å². The molecule has 1 aliphatic rings. The number of carbonyl (C=O) groups is 1. The number of hydrogen-bond donors (Lipinski definition) is 2. The summed E-state index contributed by atoms with van der Waals surface area (Å²) < 4.78 is 0. The molecule has 0 aromatic heterocycles. The summed E-state index contributed by atoms with van der Waals surface area (Å²) in [6.45, 7) is 4.36. The Morgan fingerprint density at radius 1 is 1.29 bits per heavy atom. The normalized spacial score (nSPS) is 22.9. The summed E-state index contributed by atoms with van der Waals surface area (Å²) in [7, 11) is 0. The summed E-state index contributed by atoms with van der Waals surface area (Å²) in [5.41, 5.74) is 0.332. The smallest absolute Gasteiger partial charge is 0.230 e. The van der Waals surface area contributed by atoms with Crippen LogP contribution in [-0.4, -0.2) is 23.7 Å². The molecule has 1 aromatic carbocycles. The Morgan fingerprint density at radius 3 is 2.52 bits per heavy atom. The number of aliphatic hydroxyl groups excluding tert-OH is 1. The lowest BCUT2D eigenvalue weighted by atomic mass is 9.82. The van der Waals surface area contributed by atoms with Crippen molar-refractivity contribution in [2.45, 2.75) is 51.0 Å². The van der Waals surface area contributed by atoms with Crippen molar-refractivity contribution in [3.8, 4) is 0 Å². The van der Waals surface area contributed by atoms with Crippen LogP contribution in [-0.2, 0) is 10.2 Å². The number of carbonyl (C=O) groups excluding carboxylic acids is 1. The molecule has 2 N–H and O–H groups in total. The number of rotatable bonds is 4. The van der Waals surface area contributed by atoms with Gasteiger partial charge < -0.3 is 10.4 Å². The maximum atomic E-state index is 12.5. The van der Waals surface area contributed by atoms with Crippen molar-refractivity contribution in [2.75, 3.05) is 6.54 Å². The summed E-state index contributed by atoms with van der Waals surface area (Å²) in [5.74, 6) is 0.173. The molecule has 0 spiro atoms. The van der Waals surface area contributed by atoms with Gasteiger partial charge in [0.05, 0.1) is 11.5 Å². The van der Waals surface area contributed by atoms with E-state index in [1.54, 1.807) is 12.1 Å². The number of benzene rings is 1. The van der Waals surface area contributed by atoms with Crippen molar-refractivity contribution >= 4 is 17.5 Å². The Balaban J connectivity index is 1.96.